The molecule has 0 spiro atoms. The Kier molecular flexibility index (Phi) is 3.73. The molecule has 0 unspecified atom stereocenters. The fourth-order valence-electron chi connectivity index (χ4n) is 0.219. The molecule has 0 amide bonds. The molecule has 1 nitrogen and oxygen atoms in total. The van der Waals surface area contributed by atoms with Crippen molar-refractivity contribution in [1.82, 2.24) is 0 Å². The predicted molar refractivity (Wildman–Crippen MR) is 31.8 cm³/mol. The summed E-state index contributed by atoms with van der Waals surface area (Å²) in [7, 11) is 0. The minimum Gasteiger partial charge on any atom is -0.315 e. The average molecular weight is 157 g/mol. The lowest BCUT2D eigenvalue weighted by molar-refractivity contribution is -0.213. The number of ether oxygens (including phenoxy) is 1. The van der Waals surface area contributed by atoms with E-state index in [0.29, 0.717) is 0 Å². The van der Waals surface area contributed by atoms with Crippen LogP contribution in [0.5, 0.6) is 0 Å². The SMILES string of the molecule is C=CCOC(F)(F)CCl. The van der Waals surface area contributed by atoms with E-state index in [1.807, 2.05) is 0 Å². The summed E-state index contributed by atoms with van der Waals surface area (Å²) in [6.07, 6.45) is -1.98. The topological polar surface area (TPSA) is 9.23 Å². The Morgan fingerprint density at radius 3 is 2.56 bits per heavy atom. The second-order valence-corrected chi connectivity index (χ2v) is 1.64. The zero-order chi connectivity index (χ0) is 7.33. The zero-order valence-corrected chi connectivity index (χ0v) is 5.50. The molecule has 0 radical (unpaired) electrons. The van der Waals surface area contributed by atoms with Crippen LogP contribution >= 0.6 is 11.6 Å². The molecule has 0 heterocycles. The van der Waals surface area contributed by atoms with E-state index in [1.165, 1.54) is 6.08 Å². The molecule has 0 aliphatic carbocycles. The molecule has 0 aliphatic rings. The highest BCUT2D eigenvalue weighted by Crippen LogP contribution is 2.16. The minimum atomic E-state index is -3.21. The van der Waals surface area contributed by atoms with E-state index in [4.69, 9.17) is 11.6 Å². The number of rotatable bonds is 4. The highest BCUT2D eigenvalue weighted by Gasteiger charge is 2.27. The molecule has 0 saturated heterocycles. The lowest BCUT2D eigenvalue weighted by Crippen LogP contribution is -2.22. The van der Waals surface area contributed by atoms with E-state index in [9.17, 15) is 8.78 Å². The number of halogens is 3. The lowest BCUT2D eigenvalue weighted by atomic mass is 10.6. The second kappa shape index (κ2) is 3.80. The van der Waals surface area contributed by atoms with Crippen LogP contribution in [0.2, 0.25) is 0 Å². The Bertz CT molecular complexity index is 95.0. The van der Waals surface area contributed by atoms with Crippen LogP contribution in [-0.4, -0.2) is 18.6 Å². The monoisotopic (exact) mass is 156 g/mol. The molecule has 0 aromatic heterocycles. The summed E-state index contributed by atoms with van der Waals surface area (Å²) in [4.78, 5) is 0. The van der Waals surface area contributed by atoms with Crippen LogP contribution in [0.25, 0.3) is 0 Å². The van der Waals surface area contributed by atoms with Crippen LogP contribution < -0.4 is 0 Å². The van der Waals surface area contributed by atoms with Crippen molar-refractivity contribution in [2.24, 2.45) is 0 Å². The third-order valence-corrected chi connectivity index (χ3v) is 0.879. The van der Waals surface area contributed by atoms with Crippen molar-refractivity contribution in [2.45, 2.75) is 6.11 Å². The highest BCUT2D eigenvalue weighted by atomic mass is 35.5. The van der Waals surface area contributed by atoms with Gasteiger partial charge in [0, 0.05) is 0 Å². The Labute approximate surface area is 57.3 Å². The molecule has 4 heteroatoms. The van der Waals surface area contributed by atoms with Gasteiger partial charge in [-0.15, -0.1) is 18.2 Å². The first-order valence-electron chi connectivity index (χ1n) is 2.31. The van der Waals surface area contributed by atoms with Crippen molar-refractivity contribution in [2.75, 3.05) is 12.5 Å². The molecule has 0 aliphatic heterocycles. The predicted octanol–water partition coefficient (Wildman–Crippen LogP) is 2.02. The summed E-state index contributed by atoms with van der Waals surface area (Å²) in [6, 6.07) is 0. The molecule has 0 aromatic carbocycles. The average Bonchev–Trinajstić information content (AvgIpc) is 1.84. The van der Waals surface area contributed by atoms with Crippen molar-refractivity contribution in [3.05, 3.63) is 12.7 Å². The molecule has 0 aromatic rings. The molecular formula is C5H7ClF2O. The van der Waals surface area contributed by atoms with E-state index >= 15 is 0 Å². The van der Waals surface area contributed by atoms with Crippen LogP contribution in [0, 0.1) is 0 Å². The fraction of sp³-hybridized carbons (Fsp3) is 0.600. The molecule has 0 fully saturated rings. The quantitative estimate of drug-likeness (QED) is 0.447. The molecule has 54 valence electrons. The molecule has 0 bridgehead atoms. The van der Waals surface area contributed by atoms with Gasteiger partial charge in [0.15, 0.2) is 0 Å². The molecule has 0 N–H and O–H groups in total. The maximum Gasteiger partial charge on any atom is 0.369 e. The van der Waals surface area contributed by atoms with Crippen LogP contribution in [0.3, 0.4) is 0 Å². The van der Waals surface area contributed by atoms with Crippen molar-refractivity contribution >= 4 is 11.6 Å². The second-order valence-electron chi connectivity index (χ2n) is 1.37. The van der Waals surface area contributed by atoms with Gasteiger partial charge in [-0.25, -0.2) is 0 Å². The molecule has 0 saturated carbocycles. The van der Waals surface area contributed by atoms with Gasteiger partial charge in [0.05, 0.1) is 6.61 Å². The first kappa shape index (κ1) is 8.85. The largest absolute Gasteiger partial charge is 0.369 e. The van der Waals surface area contributed by atoms with E-state index in [0.717, 1.165) is 0 Å². The van der Waals surface area contributed by atoms with Crippen LogP contribution in [0.15, 0.2) is 12.7 Å². The van der Waals surface area contributed by atoms with Crippen molar-refractivity contribution in [1.29, 1.82) is 0 Å². The standard InChI is InChI=1S/C5H7ClF2O/c1-2-3-9-5(7,8)4-6/h2H,1,3-4H2. The van der Waals surface area contributed by atoms with Gasteiger partial charge in [-0.1, -0.05) is 6.08 Å². The number of hydrogen-bond acceptors (Lipinski definition) is 1. The molecule has 0 rings (SSSR count). The summed E-state index contributed by atoms with van der Waals surface area (Å²) in [5.41, 5.74) is 0. The Hall–Kier alpha value is -0.150. The summed E-state index contributed by atoms with van der Waals surface area (Å²) in [5.74, 6) is -0.819. The maximum atomic E-state index is 11.9. The summed E-state index contributed by atoms with van der Waals surface area (Å²) >= 11 is 4.82. The van der Waals surface area contributed by atoms with Crippen molar-refractivity contribution < 1.29 is 13.5 Å². The summed E-state index contributed by atoms with van der Waals surface area (Å²) in [5, 5.41) is 0. The van der Waals surface area contributed by atoms with E-state index in [-0.39, 0.29) is 6.61 Å². The normalized spacial score (nSPS) is 11.4. The molecule has 9 heavy (non-hydrogen) atoms. The molecule has 0 atom stereocenters. The number of alkyl halides is 3. The van der Waals surface area contributed by atoms with Crippen LogP contribution in [-0.2, 0) is 4.74 Å². The third-order valence-electron chi connectivity index (χ3n) is 0.568. The minimum absolute atomic E-state index is 0.181. The maximum absolute atomic E-state index is 11.9. The smallest absolute Gasteiger partial charge is 0.315 e. The Balaban J connectivity index is 3.44. The van der Waals surface area contributed by atoms with Crippen molar-refractivity contribution in [3.63, 3.8) is 0 Å². The van der Waals surface area contributed by atoms with Crippen molar-refractivity contribution in [3.8, 4) is 0 Å². The van der Waals surface area contributed by atoms with E-state index < -0.39 is 12.0 Å². The van der Waals surface area contributed by atoms with Gasteiger partial charge in [-0.05, 0) is 0 Å². The van der Waals surface area contributed by atoms with E-state index in [1.54, 1.807) is 0 Å². The first-order chi connectivity index (χ1) is 4.12. The van der Waals surface area contributed by atoms with Gasteiger partial charge < -0.3 is 4.74 Å². The van der Waals surface area contributed by atoms with E-state index in [2.05, 4.69) is 11.3 Å². The van der Waals surface area contributed by atoms with Gasteiger partial charge in [-0.3, -0.25) is 0 Å². The highest BCUT2D eigenvalue weighted by molar-refractivity contribution is 6.18. The summed E-state index contributed by atoms with van der Waals surface area (Å²) in [6.45, 7) is 3.02. The third kappa shape index (κ3) is 4.36. The number of hydrogen-bond donors (Lipinski definition) is 0. The van der Waals surface area contributed by atoms with Crippen LogP contribution in [0.4, 0.5) is 8.78 Å². The zero-order valence-electron chi connectivity index (χ0n) is 4.74. The van der Waals surface area contributed by atoms with Gasteiger partial charge in [0.1, 0.15) is 5.88 Å². The first-order valence-corrected chi connectivity index (χ1v) is 2.84. The summed E-state index contributed by atoms with van der Waals surface area (Å²) < 4.78 is 27.8. The van der Waals surface area contributed by atoms with Gasteiger partial charge in [0.25, 0.3) is 0 Å². The molecular weight excluding hydrogens is 150 g/mol. The Morgan fingerprint density at radius 1 is 1.67 bits per heavy atom. The van der Waals surface area contributed by atoms with Crippen LogP contribution in [0.1, 0.15) is 0 Å². The Morgan fingerprint density at radius 2 is 2.22 bits per heavy atom. The van der Waals surface area contributed by atoms with Gasteiger partial charge in [0.2, 0.25) is 0 Å². The van der Waals surface area contributed by atoms with Gasteiger partial charge >= 0.3 is 6.11 Å². The lowest BCUT2D eigenvalue weighted by Gasteiger charge is -2.10. The fourth-order valence-corrected chi connectivity index (χ4v) is 0.297. The van der Waals surface area contributed by atoms with Gasteiger partial charge in [-0.2, -0.15) is 8.78 Å².